The van der Waals surface area contributed by atoms with Crippen molar-refractivity contribution in [2.45, 2.75) is 32.8 Å². The Balaban J connectivity index is 2.35. The molecule has 7 heteroatoms. The molecule has 0 bridgehead atoms. The number of halogens is 3. The van der Waals surface area contributed by atoms with E-state index in [9.17, 15) is 13.2 Å². The molecule has 0 fully saturated rings. The van der Waals surface area contributed by atoms with Crippen LogP contribution in [0.25, 0.3) is 0 Å². The summed E-state index contributed by atoms with van der Waals surface area (Å²) in [6.07, 6.45) is -0.161. The molecule has 4 nitrogen and oxygen atoms in total. The fourth-order valence-corrected chi connectivity index (χ4v) is 1.26. The van der Waals surface area contributed by atoms with Crippen LogP contribution in [0.15, 0.2) is 12.4 Å². The summed E-state index contributed by atoms with van der Waals surface area (Å²) in [6.45, 7) is 2.02. The number of imidazole rings is 1. The molecule has 1 heterocycles. The van der Waals surface area contributed by atoms with Crippen LogP contribution in [-0.2, 0) is 18.0 Å². The van der Waals surface area contributed by atoms with Crippen LogP contribution >= 0.6 is 0 Å². The van der Waals surface area contributed by atoms with Crippen molar-refractivity contribution in [3.05, 3.63) is 18.2 Å². The fourth-order valence-electron chi connectivity index (χ4n) is 1.26. The molecule has 0 saturated heterocycles. The number of nitrogens with one attached hydrogen (secondary N) is 1. The molecule has 0 aliphatic rings. The van der Waals surface area contributed by atoms with Crippen LogP contribution < -0.4 is 5.32 Å². The highest BCUT2D eigenvalue weighted by atomic mass is 19.4. The molecule has 0 aromatic carbocycles. The molecule has 0 spiro atoms. The molecule has 0 radical (unpaired) electrons. The highest BCUT2D eigenvalue weighted by Crippen LogP contribution is 2.14. The van der Waals surface area contributed by atoms with Crippen molar-refractivity contribution in [2.24, 2.45) is 0 Å². The number of hydrogen-bond donors (Lipinski definition) is 1. The van der Waals surface area contributed by atoms with E-state index in [2.05, 4.69) is 15.0 Å². The van der Waals surface area contributed by atoms with Crippen LogP contribution in [0.2, 0.25) is 0 Å². The maximum absolute atomic E-state index is 11.9. The van der Waals surface area contributed by atoms with Gasteiger partial charge in [0.25, 0.3) is 0 Å². The first-order chi connectivity index (χ1) is 8.03. The van der Waals surface area contributed by atoms with Crippen LogP contribution in [0.4, 0.5) is 13.2 Å². The van der Waals surface area contributed by atoms with E-state index in [-0.39, 0.29) is 6.73 Å². The average Bonchev–Trinajstić information content (AvgIpc) is 2.64. The van der Waals surface area contributed by atoms with E-state index in [1.165, 1.54) is 0 Å². The van der Waals surface area contributed by atoms with E-state index in [0.29, 0.717) is 12.4 Å². The SMILES string of the molecule is CCCNCc1nccn1COCC(F)(F)F. The number of nitrogens with zero attached hydrogens (tertiary/aromatic N) is 2. The van der Waals surface area contributed by atoms with Gasteiger partial charge in [0.15, 0.2) is 0 Å². The van der Waals surface area contributed by atoms with Crippen molar-refractivity contribution < 1.29 is 17.9 Å². The van der Waals surface area contributed by atoms with Gasteiger partial charge in [-0.25, -0.2) is 4.98 Å². The Morgan fingerprint density at radius 1 is 1.47 bits per heavy atom. The third kappa shape index (κ3) is 5.69. The van der Waals surface area contributed by atoms with Crippen molar-refractivity contribution in [1.29, 1.82) is 0 Å². The third-order valence-electron chi connectivity index (χ3n) is 2.01. The lowest BCUT2D eigenvalue weighted by atomic mass is 10.4. The Morgan fingerprint density at radius 3 is 2.88 bits per heavy atom. The summed E-state index contributed by atoms with van der Waals surface area (Å²) < 4.78 is 41.7. The van der Waals surface area contributed by atoms with Crippen LogP contribution in [0.1, 0.15) is 19.2 Å². The second-order valence-corrected chi connectivity index (χ2v) is 3.58. The van der Waals surface area contributed by atoms with Crippen molar-refractivity contribution in [3.8, 4) is 0 Å². The van der Waals surface area contributed by atoms with Gasteiger partial charge in [-0.05, 0) is 13.0 Å². The predicted octanol–water partition coefficient (Wildman–Crippen LogP) is 1.92. The molecule has 1 N–H and O–H groups in total. The summed E-state index contributed by atoms with van der Waals surface area (Å²) in [7, 11) is 0. The largest absolute Gasteiger partial charge is 0.411 e. The Bertz CT molecular complexity index is 325. The number of aromatic nitrogens is 2. The first-order valence-electron chi connectivity index (χ1n) is 5.38. The highest BCUT2D eigenvalue weighted by Gasteiger charge is 2.27. The molecule has 0 atom stereocenters. The molecule has 0 saturated carbocycles. The Kier molecular flexibility index (Phi) is 5.43. The van der Waals surface area contributed by atoms with E-state index in [0.717, 1.165) is 13.0 Å². The zero-order chi connectivity index (χ0) is 12.7. The molecule has 17 heavy (non-hydrogen) atoms. The summed E-state index contributed by atoms with van der Waals surface area (Å²) >= 11 is 0. The second kappa shape index (κ2) is 6.61. The minimum Gasteiger partial charge on any atom is -0.351 e. The van der Waals surface area contributed by atoms with Gasteiger partial charge in [0.1, 0.15) is 19.2 Å². The van der Waals surface area contributed by atoms with Crippen LogP contribution in [0.3, 0.4) is 0 Å². The van der Waals surface area contributed by atoms with Crippen molar-refractivity contribution in [3.63, 3.8) is 0 Å². The van der Waals surface area contributed by atoms with Gasteiger partial charge in [-0.1, -0.05) is 6.92 Å². The normalized spacial score (nSPS) is 12.0. The van der Waals surface area contributed by atoms with Gasteiger partial charge in [0.05, 0.1) is 6.54 Å². The minimum atomic E-state index is -4.29. The fraction of sp³-hybridized carbons (Fsp3) is 0.700. The monoisotopic (exact) mass is 251 g/mol. The molecular weight excluding hydrogens is 235 g/mol. The smallest absolute Gasteiger partial charge is 0.351 e. The summed E-state index contributed by atoms with van der Waals surface area (Å²) in [5, 5.41) is 3.12. The van der Waals surface area contributed by atoms with Gasteiger partial charge in [-0.3, -0.25) is 0 Å². The number of hydrogen-bond acceptors (Lipinski definition) is 3. The van der Waals surface area contributed by atoms with Gasteiger partial charge in [0.2, 0.25) is 0 Å². The van der Waals surface area contributed by atoms with Crippen molar-refractivity contribution >= 4 is 0 Å². The second-order valence-electron chi connectivity index (χ2n) is 3.58. The molecule has 1 rings (SSSR count). The van der Waals surface area contributed by atoms with Gasteiger partial charge >= 0.3 is 6.18 Å². The van der Waals surface area contributed by atoms with E-state index in [4.69, 9.17) is 0 Å². The van der Waals surface area contributed by atoms with E-state index in [1.54, 1.807) is 17.0 Å². The number of alkyl halides is 3. The zero-order valence-corrected chi connectivity index (χ0v) is 9.63. The Hall–Kier alpha value is -1.08. The standard InChI is InChI=1S/C10H16F3N3O/c1-2-3-14-6-9-15-4-5-16(9)8-17-7-10(11,12)13/h4-5,14H,2-3,6-8H2,1H3. The first kappa shape index (κ1) is 14.0. The molecular formula is C10H16F3N3O. The third-order valence-corrected chi connectivity index (χ3v) is 2.01. The number of rotatable bonds is 7. The lowest BCUT2D eigenvalue weighted by Gasteiger charge is -2.10. The maximum atomic E-state index is 11.9. The quantitative estimate of drug-likeness (QED) is 0.752. The van der Waals surface area contributed by atoms with Crippen molar-refractivity contribution in [1.82, 2.24) is 14.9 Å². The highest BCUT2D eigenvalue weighted by molar-refractivity contribution is 4.91. The van der Waals surface area contributed by atoms with Crippen LogP contribution in [-0.4, -0.2) is 28.9 Å². The minimum absolute atomic E-state index is 0.136. The van der Waals surface area contributed by atoms with Gasteiger partial charge in [-0.15, -0.1) is 0 Å². The molecule has 1 aromatic rings. The van der Waals surface area contributed by atoms with Crippen LogP contribution in [0.5, 0.6) is 0 Å². The maximum Gasteiger partial charge on any atom is 0.411 e. The van der Waals surface area contributed by atoms with E-state index < -0.39 is 12.8 Å². The Morgan fingerprint density at radius 2 is 2.24 bits per heavy atom. The van der Waals surface area contributed by atoms with Gasteiger partial charge in [0, 0.05) is 12.4 Å². The molecule has 0 unspecified atom stereocenters. The van der Waals surface area contributed by atoms with Crippen molar-refractivity contribution in [2.75, 3.05) is 13.2 Å². The summed E-state index contributed by atoms with van der Waals surface area (Å²) in [4.78, 5) is 4.04. The molecule has 0 amide bonds. The van der Waals surface area contributed by atoms with Gasteiger partial charge in [-0.2, -0.15) is 13.2 Å². The molecule has 0 aliphatic carbocycles. The van der Waals surface area contributed by atoms with Gasteiger partial charge < -0.3 is 14.6 Å². The molecule has 1 aromatic heterocycles. The lowest BCUT2D eigenvalue weighted by Crippen LogP contribution is -2.21. The molecule has 0 aliphatic heterocycles. The van der Waals surface area contributed by atoms with Crippen LogP contribution in [0, 0.1) is 0 Å². The topological polar surface area (TPSA) is 39.1 Å². The molecule has 98 valence electrons. The summed E-state index contributed by atoms with van der Waals surface area (Å²) in [5.74, 6) is 0.667. The Labute approximate surface area is 97.8 Å². The zero-order valence-electron chi connectivity index (χ0n) is 9.63. The van der Waals surface area contributed by atoms with E-state index >= 15 is 0 Å². The number of ether oxygens (including phenoxy) is 1. The summed E-state index contributed by atoms with van der Waals surface area (Å²) in [5.41, 5.74) is 0. The average molecular weight is 251 g/mol. The summed E-state index contributed by atoms with van der Waals surface area (Å²) in [6, 6.07) is 0. The first-order valence-corrected chi connectivity index (χ1v) is 5.38. The van der Waals surface area contributed by atoms with E-state index in [1.807, 2.05) is 6.92 Å². The predicted molar refractivity (Wildman–Crippen MR) is 56.2 cm³/mol. The lowest BCUT2D eigenvalue weighted by molar-refractivity contribution is -0.182.